The molecule has 2 rings (SSSR count). The molecule has 27 heavy (non-hydrogen) atoms. The molecule has 1 heterocycles. The second kappa shape index (κ2) is 8.19. The molecule has 1 aromatic carbocycles. The van der Waals surface area contributed by atoms with Crippen molar-refractivity contribution in [3.05, 3.63) is 66.5 Å². The van der Waals surface area contributed by atoms with Gasteiger partial charge in [-0.05, 0) is 53.6 Å². The summed E-state index contributed by atoms with van der Waals surface area (Å²) < 4.78 is 2.22. The minimum absolute atomic E-state index is 0.141. The molecule has 0 aliphatic heterocycles. The zero-order valence-electron chi connectivity index (χ0n) is 18.4. The maximum Gasteiger partial charge on any atom is 0.0599 e. The van der Waals surface area contributed by atoms with Crippen molar-refractivity contribution in [2.75, 3.05) is 6.16 Å². The summed E-state index contributed by atoms with van der Waals surface area (Å²) in [5, 5.41) is 0.681. The molecule has 1 nitrogen and oxygen atoms in total. The molecule has 0 fully saturated rings. The lowest BCUT2D eigenvalue weighted by Crippen LogP contribution is -2.26. The summed E-state index contributed by atoms with van der Waals surface area (Å²) in [7, 11) is -0.141. The summed E-state index contributed by atoms with van der Waals surface area (Å²) in [6.45, 7) is 22.9. The van der Waals surface area contributed by atoms with E-state index in [-0.39, 0.29) is 7.92 Å². The average molecular weight is 382 g/mol. The Morgan fingerprint density at radius 1 is 0.926 bits per heavy atom. The van der Waals surface area contributed by atoms with Crippen molar-refractivity contribution in [1.29, 1.82) is 0 Å². The van der Waals surface area contributed by atoms with E-state index in [0.29, 0.717) is 10.3 Å². The van der Waals surface area contributed by atoms with Crippen LogP contribution in [0.15, 0.2) is 55.4 Å². The molecule has 2 heteroatoms. The van der Waals surface area contributed by atoms with Crippen molar-refractivity contribution in [3.63, 3.8) is 0 Å². The fourth-order valence-corrected chi connectivity index (χ4v) is 7.42. The Kier molecular flexibility index (Phi) is 6.59. The SMILES string of the molecule is C=C(C)c1cccc(/C(C)=C/CP(C(C)(C)C)C(C)(C)C)c1-n1cccc1. The number of hydrogen-bond donors (Lipinski definition) is 0. The van der Waals surface area contributed by atoms with E-state index < -0.39 is 0 Å². The summed E-state index contributed by atoms with van der Waals surface area (Å²) in [4.78, 5) is 0. The Labute approximate surface area is 168 Å². The number of allylic oxidation sites excluding steroid dienone is 3. The number of hydrogen-bond acceptors (Lipinski definition) is 0. The molecule has 0 radical (unpaired) electrons. The van der Waals surface area contributed by atoms with Gasteiger partial charge in [-0.2, -0.15) is 0 Å². The Morgan fingerprint density at radius 3 is 1.93 bits per heavy atom. The molecule has 0 aliphatic rings. The molecule has 0 saturated carbocycles. The number of aromatic nitrogens is 1. The van der Waals surface area contributed by atoms with E-state index >= 15 is 0 Å². The predicted octanol–water partition coefficient (Wildman–Crippen LogP) is 7.99. The first-order chi connectivity index (χ1) is 12.4. The second-order valence-electron chi connectivity index (χ2n) is 9.41. The van der Waals surface area contributed by atoms with Crippen LogP contribution in [0.2, 0.25) is 0 Å². The fourth-order valence-electron chi connectivity index (χ4n) is 3.86. The molecule has 0 unspecified atom stereocenters. The van der Waals surface area contributed by atoms with Crippen LogP contribution in [-0.4, -0.2) is 21.0 Å². The summed E-state index contributed by atoms with van der Waals surface area (Å²) >= 11 is 0. The van der Waals surface area contributed by atoms with E-state index in [1.54, 1.807) is 0 Å². The van der Waals surface area contributed by atoms with Crippen LogP contribution in [0.1, 0.15) is 66.5 Å². The first-order valence-electron chi connectivity index (χ1n) is 9.80. The minimum Gasteiger partial charge on any atom is -0.323 e. The van der Waals surface area contributed by atoms with Gasteiger partial charge in [0, 0.05) is 23.5 Å². The van der Waals surface area contributed by atoms with Crippen molar-refractivity contribution < 1.29 is 0 Å². The largest absolute Gasteiger partial charge is 0.323 e. The quantitative estimate of drug-likeness (QED) is 0.462. The molecule has 2 aromatic rings. The Bertz CT molecular complexity index is 797. The van der Waals surface area contributed by atoms with E-state index in [2.05, 4.69) is 115 Å². The lowest BCUT2D eigenvalue weighted by atomic mass is 9.97. The summed E-state index contributed by atoms with van der Waals surface area (Å²) in [5.74, 6) is 0. The number of benzene rings is 1. The molecular formula is C25H36NP. The highest BCUT2D eigenvalue weighted by Gasteiger charge is 2.33. The molecule has 0 N–H and O–H groups in total. The molecule has 0 amide bonds. The van der Waals surface area contributed by atoms with Gasteiger partial charge in [-0.25, -0.2) is 0 Å². The van der Waals surface area contributed by atoms with Crippen LogP contribution in [0.4, 0.5) is 0 Å². The zero-order valence-corrected chi connectivity index (χ0v) is 19.3. The summed E-state index contributed by atoms with van der Waals surface area (Å²) in [6, 6.07) is 10.7. The first-order valence-corrected chi connectivity index (χ1v) is 11.3. The van der Waals surface area contributed by atoms with Gasteiger partial charge >= 0.3 is 0 Å². The van der Waals surface area contributed by atoms with E-state index in [4.69, 9.17) is 0 Å². The van der Waals surface area contributed by atoms with Crippen molar-refractivity contribution in [2.24, 2.45) is 0 Å². The molecule has 0 atom stereocenters. The van der Waals surface area contributed by atoms with Gasteiger partial charge in [0.1, 0.15) is 0 Å². The molecule has 0 bridgehead atoms. The zero-order chi connectivity index (χ0) is 20.4. The van der Waals surface area contributed by atoms with Crippen molar-refractivity contribution in [1.82, 2.24) is 4.57 Å². The van der Waals surface area contributed by atoms with Gasteiger partial charge in [-0.15, -0.1) is 0 Å². The van der Waals surface area contributed by atoms with E-state index in [9.17, 15) is 0 Å². The standard InChI is InChI=1S/C25H36NP/c1-19(2)21-13-12-14-22(23(21)26-16-10-11-17-26)20(3)15-18-27(24(4,5)6)25(7,8)9/h10-17H,1,18H2,2-9H3/b20-15+. The van der Waals surface area contributed by atoms with Crippen molar-refractivity contribution >= 4 is 19.1 Å². The predicted molar refractivity (Wildman–Crippen MR) is 125 cm³/mol. The van der Waals surface area contributed by atoms with Gasteiger partial charge in [-0.1, -0.05) is 80.3 Å². The lowest BCUT2D eigenvalue weighted by molar-refractivity contribution is 0.707. The minimum atomic E-state index is -0.141. The van der Waals surface area contributed by atoms with Crippen molar-refractivity contribution in [3.8, 4) is 5.69 Å². The van der Waals surface area contributed by atoms with Crippen LogP contribution in [0.3, 0.4) is 0 Å². The highest BCUT2D eigenvalue weighted by Crippen LogP contribution is 2.59. The smallest absolute Gasteiger partial charge is 0.0599 e. The maximum absolute atomic E-state index is 4.21. The van der Waals surface area contributed by atoms with Crippen LogP contribution in [-0.2, 0) is 0 Å². The third-order valence-electron chi connectivity index (χ3n) is 4.98. The van der Waals surface area contributed by atoms with Crippen LogP contribution >= 0.6 is 7.92 Å². The second-order valence-corrected chi connectivity index (χ2v) is 13.3. The van der Waals surface area contributed by atoms with Gasteiger partial charge < -0.3 is 4.57 Å². The van der Waals surface area contributed by atoms with Gasteiger partial charge in [0.15, 0.2) is 0 Å². The molecular weight excluding hydrogens is 345 g/mol. The molecule has 1 aromatic heterocycles. The van der Waals surface area contributed by atoms with Gasteiger partial charge in [0.2, 0.25) is 0 Å². The van der Waals surface area contributed by atoms with Gasteiger partial charge in [-0.3, -0.25) is 0 Å². The fraction of sp³-hybridized carbons (Fsp3) is 0.440. The number of rotatable bonds is 5. The molecule has 0 spiro atoms. The Morgan fingerprint density at radius 2 is 1.44 bits per heavy atom. The van der Waals surface area contributed by atoms with E-state index in [1.807, 2.05) is 0 Å². The average Bonchev–Trinajstić information content (AvgIpc) is 3.05. The highest BCUT2D eigenvalue weighted by molar-refractivity contribution is 7.61. The van der Waals surface area contributed by atoms with E-state index in [1.165, 1.54) is 22.4 Å². The highest BCUT2D eigenvalue weighted by atomic mass is 31.1. The Balaban J connectivity index is 2.50. The van der Waals surface area contributed by atoms with Crippen molar-refractivity contribution in [2.45, 2.75) is 65.7 Å². The van der Waals surface area contributed by atoms with Gasteiger partial charge in [0.05, 0.1) is 5.69 Å². The monoisotopic (exact) mass is 381 g/mol. The molecule has 0 saturated heterocycles. The topological polar surface area (TPSA) is 4.93 Å². The molecule has 0 aliphatic carbocycles. The number of nitrogens with zero attached hydrogens (tertiary/aromatic N) is 1. The number of para-hydroxylation sites is 1. The Hall–Kier alpha value is -1.59. The van der Waals surface area contributed by atoms with Crippen LogP contribution in [0.25, 0.3) is 16.8 Å². The molecule has 146 valence electrons. The van der Waals surface area contributed by atoms with Crippen LogP contribution in [0.5, 0.6) is 0 Å². The first kappa shape index (κ1) is 21.7. The maximum atomic E-state index is 4.21. The normalized spacial score (nSPS) is 13.3. The lowest BCUT2D eigenvalue weighted by Gasteiger charge is -2.41. The third-order valence-corrected chi connectivity index (χ3v) is 8.77. The summed E-state index contributed by atoms with van der Waals surface area (Å²) in [5.41, 5.74) is 6.19. The third kappa shape index (κ3) is 5.23. The van der Waals surface area contributed by atoms with Gasteiger partial charge in [0.25, 0.3) is 0 Å². The van der Waals surface area contributed by atoms with Crippen LogP contribution < -0.4 is 0 Å². The summed E-state index contributed by atoms with van der Waals surface area (Å²) in [6.07, 6.45) is 7.86. The van der Waals surface area contributed by atoms with E-state index in [0.717, 1.165) is 11.7 Å². The van der Waals surface area contributed by atoms with Crippen LogP contribution in [0, 0.1) is 0 Å².